The zero-order valence-corrected chi connectivity index (χ0v) is 44.9. The van der Waals surface area contributed by atoms with Crippen LogP contribution in [-0.4, -0.2) is 70.0 Å². The zero-order valence-electron chi connectivity index (χ0n) is 44.0. The predicted molar refractivity (Wildman–Crippen MR) is 273 cm³/mol. The van der Waals surface area contributed by atoms with Crippen molar-refractivity contribution in [1.29, 1.82) is 0 Å². The molecular weight excluding hydrogens is 834 g/mol. The zero-order chi connectivity index (χ0) is 47.8. The van der Waals surface area contributed by atoms with Gasteiger partial charge in [-0.1, -0.05) is 264 Å². The number of unbranched alkanes of at least 4 members (excludes halogenated alkanes) is 39. The van der Waals surface area contributed by atoms with Crippen molar-refractivity contribution < 1.29 is 42.1 Å². The van der Waals surface area contributed by atoms with Crippen molar-refractivity contribution in [3.05, 3.63) is 0 Å². The minimum Gasteiger partial charge on any atom is -0.756 e. The molecule has 0 N–H and O–H groups in total. The fourth-order valence-corrected chi connectivity index (χ4v) is 9.21. The molecule has 0 fully saturated rings. The van der Waals surface area contributed by atoms with Gasteiger partial charge >= 0.3 is 11.9 Å². The van der Waals surface area contributed by atoms with E-state index < -0.39 is 26.5 Å². The van der Waals surface area contributed by atoms with Crippen LogP contribution in [0, 0.1) is 0 Å². The molecule has 0 aliphatic carbocycles. The van der Waals surface area contributed by atoms with Crippen LogP contribution in [0.5, 0.6) is 0 Å². The summed E-state index contributed by atoms with van der Waals surface area (Å²) >= 11 is 0. The number of hydrogen-bond acceptors (Lipinski definition) is 8. The topological polar surface area (TPSA) is 111 Å². The number of quaternary nitrogens is 1. The van der Waals surface area contributed by atoms with Crippen LogP contribution in [0.15, 0.2) is 0 Å². The van der Waals surface area contributed by atoms with Crippen LogP contribution in [0.4, 0.5) is 0 Å². The Kier molecular flexibility index (Phi) is 47.3. The summed E-state index contributed by atoms with van der Waals surface area (Å²) in [6, 6.07) is 0. The van der Waals surface area contributed by atoms with Crippen molar-refractivity contribution in [1.82, 2.24) is 0 Å². The third-order valence-electron chi connectivity index (χ3n) is 12.9. The normalized spacial score (nSPS) is 13.3. The summed E-state index contributed by atoms with van der Waals surface area (Å²) in [5.41, 5.74) is 0. The minimum atomic E-state index is -4.62. The molecule has 2 atom stereocenters. The van der Waals surface area contributed by atoms with Crippen LogP contribution >= 0.6 is 7.82 Å². The van der Waals surface area contributed by atoms with Gasteiger partial charge in [-0.25, -0.2) is 0 Å². The van der Waals surface area contributed by atoms with E-state index in [4.69, 9.17) is 18.5 Å². The maximum absolute atomic E-state index is 12.7. The maximum atomic E-state index is 12.7. The Morgan fingerprint density at radius 3 is 0.985 bits per heavy atom. The highest BCUT2D eigenvalue weighted by molar-refractivity contribution is 7.45. The van der Waals surface area contributed by atoms with Crippen LogP contribution in [0.25, 0.3) is 0 Å². The lowest BCUT2D eigenvalue weighted by atomic mass is 10.0. The first-order chi connectivity index (χ1) is 31.5. The second-order valence-corrected chi connectivity index (χ2v) is 22.1. The number of rotatable bonds is 53. The van der Waals surface area contributed by atoms with Gasteiger partial charge in [-0.3, -0.25) is 14.2 Å². The fraction of sp³-hybridized carbons (Fsp3) is 0.964. The molecule has 65 heavy (non-hydrogen) atoms. The maximum Gasteiger partial charge on any atom is 0.306 e. The quantitative estimate of drug-likeness (QED) is 0.0257. The molecule has 0 saturated carbocycles. The highest BCUT2D eigenvalue weighted by Gasteiger charge is 2.22. The molecule has 0 spiro atoms. The molecule has 0 saturated heterocycles. The number of hydrogen-bond donors (Lipinski definition) is 0. The summed E-state index contributed by atoms with van der Waals surface area (Å²) < 4.78 is 34.0. The van der Waals surface area contributed by atoms with Gasteiger partial charge in [0.05, 0.1) is 27.7 Å². The van der Waals surface area contributed by atoms with Crippen molar-refractivity contribution in [2.24, 2.45) is 0 Å². The Balaban J connectivity index is 3.89. The Morgan fingerprint density at radius 2 is 0.692 bits per heavy atom. The first kappa shape index (κ1) is 64.0. The lowest BCUT2D eigenvalue weighted by molar-refractivity contribution is -0.870. The molecule has 0 aromatic carbocycles. The summed E-state index contributed by atoms with van der Waals surface area (Å²) in [5, 5.41) is 0. The molecule has 10 heteroatoms. The molecular formula is C55H110NO8P. The molecule has 0 bridgehead atoms. The number of carbonyl (C=O) groups is 2. The fourth-order valence-electron chi connectivity index (χ4n) is 8.48. The van der Waals surface area contributed by atoms with Crippen LogP contribution in [0.3, 0.4) is 0 Å². The van der Waals surface area contributed by atoms with Gasteiger partial charge in [0, 0.05) is 12.8 Å². The molecule has 0 aliphatic heterocycles. The van der Waals surface area contributed by atoms with E-state index in [9.17, 15) is 19.0 Å². The number of likely N-dealkylation sites (N-methyl/N-ethyl adjacent to an activating group) is 1. The van der Waals surface area contributed by atoms with Gasteiger partial charge in [0.25, 0.3) is 7.82 Å². The monoisotopic (exact) mass is 944 g/mol. The van der Waals surface area contributed by atoms with Crippen molar-refractivity contribution >= 4 is 19.8 Å². The average molecular weight is 944 g/mol. The third-order valence-corrected chi connectivity index (χ3v) is 13.8. The molecule has 388 valence electrons. The highest BCUT2D eigenvalue weighted by atomic mass is 31.2. The summed E-state index contributed by atoms with van der Waals surface area (Å²) in [6.45, 7) is 4.26. The number of phosphoric acid groups is 1. The predicted octanol–water partition coefficient (Wildman–Crippen LogP) is 16.5. The van der Waals surface area contributed by atoms with Crippen molar-refractivity contribution in [3.63, 3.8) is 0 Å². The number of esters is 2. The Labute approximate surface area is 404 Å². The van der Waals surface area contributed by atoms with E-state index in [1.54, 1.807) is 0 Å². The van der Waals surface area contributed by atoms with Crippen LogP contribution in [-0.2, 0) is 32.7 Å². The summed E-state index contributed by atoms with van der Waals surface area (Å²) in [5.74, 6) is -0.819. The summed E-state index contributed by atoms with van der Waals surface area (Å²) in [7, 11) is 1.19. The number of carbonyl (C=O) groups excluding carboxylic acids is 2. The molecule has 0 amide bonds. The van der Waals surface area contributed by atoms with Crippen LogP contribution in [0.2, 0.25) is 0 Å². The third kappa shape index (κ3) is 52.2. The van der Waals surface area contributed by atoms with E-state index >= 15 is 0 Å². The average Bonchev–Trinajstić information content (AvgIpc) is 3.26. The Hall–Kier alpha value is -0.990. The smallest absolute Gasteiger partial charge is 0.306 e. The number of nitrogens with zero attached hydrogens (tertiary/aromatic N) is 1. The van der Waals surface area contributed by atoms with Crippen molar-refractivity contribution in [2.45, 2.75) is 296 Å². The Morgan fingerprint density at radius 1 is 0.415 bits per heavy atom. The van der Waals surface area contributed by atoms with Gasteiger partial charge in [-0.2, -0.15) is 0 Å². The minimum absolute atomic E-state index is 0.0256. The van der Waals surface area contributed by atoms with E-state index in [0.29, 0.717) is 17.4 Å². The lowest BCUT2D eigenvalue weighted by Gasteiger charge is -2.28. The molecule has 0 radical (unpaired) electrons. The molecule has 0 aromatic heterocycles. The summed E-state index contributed by atoms with van der Waals surface area (Å²) in [4.78, 5) is 37.6. The molecule has 0 heterocycles. The number of ether oxygens (including phenoxy) is 2. The van der Waals surface area contributed by atoms with Crippen LogP contribution in [0.1, 0.15) is 290 Å². The van der Waals surface area contributed by atoms with E-state index in [1.165, 1.54) is 225 Å². The van der Waals surface area contributed by atoms with E-state index in [1.807, 2.05) is 21.1 Å². The van der Waals surface area contributed by atoms with E-state index in [0.717, 1.165) is 32.1 Å². The summed E-state index contributed by atoms with van der Waals surface area (Å²) in [6.07, 6.45) is 53.3. The van der Waals surface area contributed by atoms with Gasteiger partial charge in [-0.05, 0) is 12.8 Å². The number of phosphoric ester groups is 1. The largest absolute Gasteiger partial charge is 0.756 e. The Bertz CT molecular complexity index is 1070. The molecule has 0 aliphatic rings. The van der Waals surface area contributed by atoms with Gasteiger partial charge < -0.3 is 27.9 Å². The molecule has 0 rings (SSSR count). The first-order valence-electron chi connectivity index (χ1n) is 28.2. The first-order valence-corrected chi connectivity index (χ1v) is 29.7. The standard InChI is InChI=1S/C55H110NO8P/c1-6-8-10-12-14-16-17-18-19-20-21-22-23-24-25-26-27-28-29-30-31-32-33-34-35-36-37-38-40-42-44-46-48-55(58)64-53(52-63-65(59,60)62-50-49-56(3,4)5)51-61-54(57)47-45-43-41-39-15-13-11-9-7-2/h53H,6-52H2,1-5H3. The van der Waals surface area contributed by atoms with Gasteiger partial charge in [0.1, 0.15) is 19.8 Å². The lowest BCUT2D eigenvalue weighted by Crippen LogP contribution is -2.37. The van der Waals surface area contributed by atoms with Gasteiger partial charge in [0.2, 0.25) is 0 Å². The molecule has 0 aromatic rings. The second-order valence-electron chi connectivity index (χ2n) is 20.7. The van der Waals surface area contributed by atoms with Crippen molar-refractivity contribution in [2.75, 3.05) is 47.5 Å². The van der Waals surface area contributed by atoms with Crippen LogP contribution < -0.4 is 4.89 Å². The van der Waals surface area contributed by atoms with E-state index in [2.05, 4.69) is 13.8 Å². The van der Waals surface area contributed by atoms with Gasteiger partial charge in [-0.15, -0.1) is 0 Å². The van der Waals surface area contributed by atoms with Crippen molar-refractivity contribution in [3.8, 4) is 0 Å². The molecule has 2 unspecified atom stereocenters. The second kappa shape index (κ2) is 48.1. The molecule has 9 nitrogen and oxygen atoms in total. The highest BCUT2D eigenvalue weighted by Crippen LogP contribution is 2.38. The SMILES string of the molecule is CCCCCCCCCCCCCCCCCCCCCCCCCCCCCCCCCCC(=O)OC(COC(=O)CCCCCCCCCCC)COP(=O)([O-])OCC[N+](C)(C)C. The van der Waals surface area contributed by atoms with E-state index in [-0.39, 0.29) is 32.0 Å². The van der Waals surface area contributed by atoms with Gasteiger partial charge in [0.15, 0.2) is 6.10 Å².